The summed E-state index contributed by atoms with van der Waals surface area (Å²) in [6.07, 6.45) is 4.14. The maximum atomic E-state index is 13.4. The molecule has 1 aromatic carbocycles. The van der Waals surface area contributed by atoms with E-state index >= 15 is 0 Å². The standard InChI is InChI=1S/C15H18Br2FNO/c1-10-2-4-15(9-16,5-3-10)19-14(20)11-6-12(17)8-13(18)7-11/h6-8,10H,2-5,9H2,1H3,(H,19,20). The Morgan fingerprint density at radius 1 is 1.40 bits per heavy atom. The van der Waals surface area contributed by atoms with Crippen LogP contribution in [0.4, 0.5) is 4.39 Å². The van der Waals surface area contributed by atoms with Crippen molar-refractivity contribution in [1.82, 2.24) is 5.32 Å². The number of rotatable bonds is 3. The van der Waals surface area contributed by atoms with Crippen LogP contribution in [0.5, 0.6) is 0 Å². The van der Waals surface area contributed by atoms with E-state index in [1.165, 1.54) is 12.1 Å². The summed E-state index contributed by atoms with van der Waals surface area (Å²) in [5.41, 5.74) is 0.151. The second-order valence-electron chi connectivity index (χ2n) is 5.71. The molecule has 0 bridgehead atoms. The summed E-state index contributed by atoms with van der Waals surface area (Å²) >= 11 is 6.74. The largest absolute Gasteiger partial charge is 0.346 e. The molecule has 0 saturated heterocycles. The number of alkyl halides is 1. The van der Waals surface area contributed by atoms with Crippen LogP contribution in [0.3, 0.4) is 0 Å². The molecule has 1 amide bonds. The van der Waals surface area contributed by atoms with Crippen LogP contribution in [0.1, 0.15) is 43.0 Å². The van der Waals surface area contributed by atoms with Crippen LogP contribution < -0.4 is 5.32 Å². The van der Waals surface area contributed by atoms with Crippen molar-refractivity contribution in [2.45, 2.75) is 38.1 Å². The average Bonchev–Trinajstić information content (AvgIpc) is 2.40. The smallest absolute Gasteiger partial charge is 0.251 e. The highest BCUT2D eigenvalue weighted by Gasteiger charge is 2.34. The number of nitrogens with one attached hydrogen (secondary N) is 1. The van der Waals surface area contributed by atoms with Crippen molar-refractivity contribution in [3.8, 4) is 0 Å². The zero-order valence-electron chi connectivity index (χ0n) is 11.4. The molecule has 0 spiro atoms. The highest BCUT2D eigenvalue weighted by atomic mass is 79.9. The van der Waals surface area contributed by atoms with Crippen molar-refractivity contribution in [3.63, 3.8) is 0 Å². The van der Waals surface area contributed by atoms with Crippen LogP contribution in [-0.4, -0.2) is 16.8 Å². The Labute approximate surface area is 135 Å². The minimum atomic E-state index is -0.408. The van der Waals surface area contributed by atoms with E-state index in [2.05, 4.69) is 44.1 Å². The van der Waals surface area contributed by atoms with Crippen LogP contribution in [-0.2, 0) is 0 Å². The summed E-state index contributed by atoms with van der Waals surface area (Å²) in [6, 6.07) is 4.26. The van der Waals surface area contributed by atoms with Gasteiger partial charge >= 0.3 is 0 Å². The Balaban J connectivity index is 2.13. The van der Waals surface area contributed by atoms with E-state index < -0.39 is 5.82 Å². The molecule has 2 rings (SSSR count). The zero-order valence-corrected chi connectivity index (χ0v) is 14.6. The SMILES string of the molecule is CC1CCC(CBr)(NC(=O)c2cc(F)cc(Br)c2)CC1. The monoisotopic (exact) mass is 405 g/mol. The molecule has 0 heterocycles. The topological polar surface area (TPSA) is 29.1 Å². The molecule has 1 N–H and O–H groups in total. The maximum absolute atomic E-state index is 13.4. The average molecular weight is 407 g/mol. The van der Waals surface area contributed by atoms with Crippen molar-refractivity contribution in [2.24, 2.45) is 5.92 Å². The van der Waals surface area contributed by atoms with Gasteiger partial charge in [0.15, 0.2) is 0 Å². The minimum absolute atomic E-state index is 0.206. The summed E-state index contributed by atoms with van der Waals surface area (Å²) in [7, 11) is 0. The Hall–Kier alpha value is -0.420. The predicted octanol–water partition coefficient (Wildman–Crippen LogP) is 4.66. The quantitative estimate of drug-likeness (QED) is 0.726. The van der Waals surface area contributed by atoms with Gasteiger partial charge in [0.1, 0.15) is 5.82 Å². The van der Waals surface area contributed by atoms with Crippen molar-refractivity contribution >= 4 is 37.8 Å². The third-order valence-corrected chi connectivity index (χ3v) is 5.52. The Morgan fingerprint density at radius 2 is 2.05 bits per heavy atom. The number of benzene rings is 1. The number of amides is 1. The van der Waals surface area contributed by atoms with Crippen molar-refractivity contribution in [3.05, 3.63) is 34.1 Å². The second kappa shape index (κ2) is 6.56. The highest BCUT2D eigenvalue weighted by Crippen LogP contribution is 2.33. The lowest BCUT2D eigenvalue weighted by Crippen LogP contribution is -2.52. The molecule has 1 aromatic rings. The molecule has 20 heavy (non-hydrogen) atoms. The molecule has 110 valence electrons. The molecule has 1 saturated carbocycles. The first kappa shape index (κ1) is 16.0. The number of carbonyl (C=O) groups excluding carboxylic acids is 1. The third kappa shape index (κ3) is 3.82. The predicted molar refractivity (Wildman–Crippen MR) is 85.7 cm³/mol. The van der Waals surface area contributed by atoms with Crippen LogP contribution in [0.15, 0.2) is 22.7 Å². The lowest BCUT2D eigenvalue weighted by atomic mass is 9.78. The van der Waals surface area contributed by atoms with Gasteiger partial charge in [0, 0.05) is 15.4 Å². The van der Waals surface area contributed by atoms with Gasteiger partial charge in [0.2, 0.25) is 0 Å². The fourth-order valence-electron chi connectivity index (χ4n) is 2.60. The first-order valence-electron chi connectivity index (χ1n) is 6.79. The number of hydrogen-bond donors (Lipinski definition) is 1. The second-order valence-corrected chi connectivity index (χ2v) is 7.19. The Morgan fingerprint density at radius 3 is 2.60 bits per heavy atom. The van der Waals surface area contributed by atoms with E-state index in [4.69, 9.17) is 0 Å². The maximum Gasteiger partial charge on any atom is 0.251 e. The minimum Gasteiger partial charge on any atom is -0.346 e. The molecule has 1 fully saturated rings. The number of halogens is 3. The summed E-state index contributed by atoms with van der Waals surface area (Å²) in [6.45, 7) is 2.24. The zero-order chi connectivity index (χ0) is 14.8. The van der Waals surface area contributed by atoms with Crippen LogP contribution in [0, 0.1) is 11.7 Å². The normalized spacial score (nSPS) is 26.3. The number of carbonyl (C=O) groups is 1. The van der Waals surface area contributed by atoms with Crippen molar-refractivity contribution in [2.75, 3.05) is 5.33 Å². The van der Waals surface area contributed by atoms with Gasteiger partial charge in [-0.15, -0.1) is 0 Å². The molecule has 0 atom stereocenters. The molecule has 0 aliphatic heterocycles. The first-order chi connectivity index (χ1) is 9.44. The highest BCUT2D eigenvalue weighted by molar-refractivity contribution is 9.10. The van der Waals surface area contributed by atoms with Crippen LogP contribution in [0.2, 0.25) is 0 Å². The fourth-order valence-corrected chi connectivity index (χ4v) is 3.77. The Bertz CT molecular complexity index is 478. The van der Waals surface area contributed by atoms with Crippen LogP contribution in [0.25, 0.3) is 0 Å². The summed E-state index contributed by atoms with van der Waals surface area (Å²) in [5, 5.41) is 3.83. The molecule has 2 nitrogen and oxygen atoms in total. The number of hydrogen-bond acceptors (Lipinski definition) is 1. The van der Waals surface area contributed by atoms with Gasteiger partial charge in [-0.3, -0.25) is 4.79 Å². The summed E-state index contributed by atoms with van der Waals surface area (Å²) in [5.74, 6) is 0.0938. The molecule has 5 heteroatoms. The van der Waals surface area contributed by atoms with E-state index in [0.717, 1.165) is 31.0 Å². The van der Waals surface area contributed by atoms with Gasteiger partial charge in [0.05, 0.1) is 5.54 Å². The van der Waals surface area contributed by atoms with E-state index in [1.54, 1.807) is 6.07 Å². The Kier molecular flexibility index (Phi) is 5.24. The van der Waals surface area contributed by atoms with Crippen molar-refractivity contribution < 1.29 is 9.18 Å². The summed E-state index contributed by atoms with van der Waals surface area (Å²) < 4.78 is 14.0. The first-order valence-corrected chi connectivity index (χ1v) is 8.70. The molecular formula is C15H18Br2FNO. The lowest BCUT2D eigenvalue weighted by molar-refractivity contribution is 0.0874. The fraction of sp³-hybridized carbons (Fsp3) is 0.533. The summed E-state index contributed by atoms with van der Waals surface area (Å²) in [4.78, 5) is 12.3. The molecule has 1 aliphatic carbocycles. The van der Waals surface area contributed by atoms with E-state index in [1.807, 2.05) is 0 Å². The van der Waals surface area contributed by atoms with Gasteiger partial charge in [-0.05, 0) is 49.8 Å². The molecule has 0 aromatic heterocycles. The van der Waals surface area contributed by atoms with Crippen molar-refractivity contribution in [1.29, 1.82) is 0 Å². The van der Waals surface area contributed by atoms with E-state index in [0.29, 0.717) is 16.0 Å². The van der Waals surface area contributed by atoms with Gasteiger partial charge in [-0.2, -0.15) is 0 Å². The third-order valence-electron chi connectivity index (χ3n) is 3.99. The van der Waals surface area contributed by atoms with Gasteiger partial charge < -0.3 is 5.32 Å². The lowest BCUT2D eigenvalue weighted by Gasteiger charge is -2.39. The molecular weight excluding hydrogens is 389 g/mol. The molecule has 0 radical (unpaired) electrons. The molecule has 1 aliphatic rings. The van der Waals surface area contributed by atoms with Gasteiger partial charge in [0.25, 0.3) is 5.91 Å². The van der Waals surface area contributed by atoms with Gasteiger partial charge in [-0.1, -0.05) is 38.8 Å². The van der Waals surface area contributed by atoms with Gasteiger partial charge in [-0.25, -0.2) is 4.39 Å². The van der Waals surface area contributed by atoms with Crippen LogP contribution >= 0.6 is 31.9 Å². The van der Waals surface area contributed by atoms with E-state index in [-0.39, 0.29) is 11.4 Å². The molecule has 0 unspecified atom stereocenters. The van der Waals surface area contributed by atoms with E-state index in [9.17, 15) is 9.18 Å².